The SMILES string of the molecule is C.C.C.C.C.C.C.CC(=O)N1CCN(C)CC1.CC1CCN(C)CC1.CC1CCNCC1.CN1CCCCC1.CN1CCCNCC1.CN1CCN(C)CC1.CN1CCN(C2CCC2)CC1.CN1CCN(CCO)CC1.CN1CCN2CCCC2C1.CN1CCN2CCCCC2C1.CN1CCOCC1. The van der Waals surface area contributed by atoms with Crippen LogP contribution in [-0.2, 0) is 9.53 Å². The van der Waals surface area contributed by atoms with Crippen molar-refractivity contribution in [3.8, 4) is 0 Å². The van der Waals surface area contributed by atoms with Gasteiger partial charge >= 0.3 is 0 Å². The molecule has 1 aliphatic carbocycles. The van der Waals surface area contributed by atoms with Gasteiger partial charge in [-0.15, -0.1) is 0 Å². The first-order valence-corrected chi connectivity index (χ1v) is 40.1. The van der Waals surface area contributed by atoms with Crippen LogP contribution in [0.25, 0.3) is 0 Å². The number of β-amino-alcohol motifs (C(OH)–C–C–N with tert-alkyl or cyclic N) is 1. The Labute approximate surface area is 651 Å². The van der Waals surface area contributed by atoms with E-state index in [1.165, 1.54) is 266 Å². The van der Waals surface area contributed by atoms with Crippen LogP contribution in [0.15, 0.2) is 0 Å². The summed E-state index contributed by atoms with van der Waals surface area (Å²) in [5.41, 5.74) is 0. The molecule has 21 nitrogen and oxygen atoms in total. The average Bonchev–Trinajstić information content (AvgIpc) is 1.47. The standard InChI is InChI=1S/2C9H18N2.C8H16N2.C7H14N2O.C7H16N2O.C7H15N.2C6H14N2.2C6H13N.C5H11NO.7CH4/c1-10-5-7-11(8-6-10)9-3-2-4-9;1-10-6-7-11-5-3-2-4-9(11)8-10;1-9-5-6-10-4-2-3-8(10)7-9;1-7(10)9-5-3-8(2)4-6-9;1-8-2-4-9(5-3-8)6-7-10;2*1-7-3-5-8(2)6-4-7;1-8-5-2-3-7-4-6-8;1-6-2-4-7-5-3-6;1-7-5-3-2-4-6-7;1-6-2-4-7-5-3-6;;;;;;;/h2*9H,2-8H2,1H3;8H,2-7H2,1H3;3-6H2,1-2H3;10H,2-7H2,1H3;7H,3-6H2,1-2H3;3-6H2,1-2H3;7H,2-6H2,1H3;6-7H,2-5H2,1H3;2-6H2,1H3;2-5H2,1H3;7*1H4. The Morgan fingerprint density at radius 3 is 1.06 bits per heavy atom. The summed E-state index contributed by atoms with van der Waals surface area (Å²) < 4.78 is 5.10. The fourth-order valence-electron chi connectivity index (χ4n) is 14.4. The highest BCUT2D eigenvalue weighted by Crippen LogP contribution is 2.25. The molecule has 14 aliphatic rings. The number of rotatable bonds is 3. The normalized spacial score (nSPS) is 25.8. The lowest BCUT2D eigenvalue weighted by Crippen LogP contribution is -2.53. The quantitative estimate of drug-likeness (QED) is 0.250. The average molecular weight is 1490 g/mol. The van der Waals surface area contributed by atoms with Gasteiger partial charge in [-0.25, -0.2) is 0 Å². The first kappa shape index (κ1) is 109. The van der Waals surface area contributed by atoms with E-state index in [1.807, 2.05) is 4.90 Å². The topological polar surface area (TPSA) is 122 Å². The molecule has 14 rings (SSSR count). The zero-order valence-corrected chi connectivity index (χ0v) is 66.4. The van der Waals surface area contributed by atoms with Gasteiger partial charge in [0.15, 0.2) is 0 Å². The number of nitrogens with zero attached hydrogens (tertiary/aromatic N) is 16. The van der Waals surface area contributed by atoms with Crippen LogP contribution in [-0.4, -0.2) is 447 Å². The highest BCUT2D eigenvalue weighted by atomic mass is 16.5. The van der Waals surface area contributed by atoms with Gasteiger partial charge in [-0.05, 0) is 238 Å². The van der Waals surface area contributed by atoms with E-state index in [1.54, 1.807) is 6.92 Å². The lowest BCUT2D eigenvalue weighted by atomic mass is 9.91. The van der Waals surface area contributed by atoms with Crippen molar-refractivity contribution in [1.29, 1.82) is 0 Å². The molecule has 13 heterocycles. The van der Waals surface area contributed by atoms with E-state index < -0.39 is 0 Å². The molecule has 0 aromatic carbocycles. The Bertz CT molecular complexity index is 1730. The van der Waals surface area contributed by atoms with Gasteiger partial charge in [-0.3, -0.25) is 24.4 Å². The molecule has 21 heteroatoms. The predicted octanol–water partition coefficient (Wildman–Crippen LogP) is 8.61. The third-order valence-electron chi connectivity index (χ3n) is 22.7. The van der Waals surface area contributed by atoms with Crippen LogP contribution in [0.4, 0.5) is 0 Å². The number of carbonyl (C=O) groups excluding carboxylic acids is 1. The zero-order chi connectivity index (χ0) is 70.4. The number of hydrogen-bond acceptors (Lipinski definition) is 20. The first-order valence-electron chi connectivity index (χ1n) is 40.1. The van der Waals surface area contributed by atoms with Crippen molar-refractivity contribution in [2.24, 2.45) is 11.8 Å². The van der Waals surface area contributed by atoms with E-state index in [2.05, 4.69) is 176 Å². The van der Waals surface area contributed by atoms with Crippen molar-refractivity contribution >= 4 is 5.91 Å². The lowest BCUT2D eigenvalue weighted by Gasteiger charge is -2.42. The molecule has 2 unspecified atom stereocenters. The van der Waals surface area contributed by atoms with Crippen LogP contribution in [0.2, 0.25) is 0 Å². The summed E-state index contributed by atoms with van der Waals surface area (Å²) in [6.45, 7) is 52.9. The number of likely N-dealkylation sites (tertiary alicyclic amines) is 2. The predicted molar refractivity (Wildman–Crippen MR) is 460 cm³/mol. The number of hydrogen-bond donors (Lipinski definition) is 3. The summed E-state index contributed by atoms with van der Waals surface area (Å²) in [5, 5.41) is 15.3. The van der Waals surface area contributed by atoms with E-state index in [0.29, 0.717) is 6.61 Å². The number of likely N-dealkylation sites (N-methyl/N-ethyl adjacent to an activating group) is 9. The van der Waals surface area contributed by atoms with Gasteiger partial charge in [0.25, 0.3) is 0 Å². The molecule has 13 aliphatic heterocycles. The fraction of sp³-hybridized carbons (Fsp3) is 0.988. The second-order valence-corrected chi connectivity index (χ2v) is 31.9. The second kappa shape index (κ2) is 67.4. The molecule has 1 amide bonds. The van der Waals surface area contributed by atoms with E-state index >= 15 is 0 Å². The number of amides is 1. The Morgan fingerprint density at radius 1 is 0.317 bits per heavy atom. The number of piperazine rings is 6. The Balaban J connectivity index is -0.000000527. The Kier molecular flexibility index (Phi) is 70.7. The van der Waals surface area contributed by atoms with Crippen LogP contribution in [0.1, 0.15) is 175 Å². The van der Waals surface area contributed by atoms with Crippen LogP contribution < -0.4 is 10.6 Å². The molecule has 2 atom stereocenters. The lowest BCUT2D eigenvalue weighted by molar-refractivity contribution is -0.130. The van der Waals surface area contributed by atoms with Gasteiger partial charge in [0.1, 0.15) is 0 Å². The maximum atomic E-state index is 10.8. The van der Waals surface area contributed by atoms with Crippen LogP contribution >= 0.6 is 0 Å². The maximum Gasteiger partial charge on any atom is 0.219 e. The summed E-state index contributed by atoms with van der Waals surface area (Å²) in [6.07, 6.45) is 22.7. The van der Waals surface area contributed by atoms with Crippen molar-refractivity contribution in [1.82, 2.24) is 89.0 Å². The highest BCUT2D eigenvalue weighted by Gasteiger charge is 2.30. The summed E-state index contributed by atoms with van der Waals surface area (Å²) in [5.74, 6) is 2.15. The number of morpholine rings is 1. The number of piperidine rings is 4. The fourth-order valence-corrected chi connectivity index (χ4v) is 14.4. The molecular formula is C83H190N18O3. The number of carbonyl (C=O) groups is 1. The van der Waals surface area contributed by atoms with E-state index in [0.717, 1.165) is 122 Å². The molecule has 630 valence electrons. The zero-order valence-electron chi connectivity index (χ0n) is 66.4. The minimum Gasteiger partial charge on any atom is -0.395 e. The maximum absolute atomic E-state index is 10.8. The number of aliphatic hydroxyl groups excluding tert-OH is 1. The van der Waals surface area contributed by atoms with Gasteiger partial charge in [0, 0.05) is 202 Å². The number of nitrogens with one attached hydrogen (secondary N) is 2. The molecule has 104 heavy (non-hydrogen) atoms. The molecule has 3 N–H and O–H groups in total. The van der Waals surface area contributed by atoms with Crippen LogP contribution in [0.5, 0.6) is 0 Å². The first-order chi connectivity index (χ1) is 46.8. The molecule has 0 spiro atoms. The van der Waals surface area contributed by atoms with Gasteiger partial charge < -0.3 is 79.3 Å². The van der Waals surface area contributed by atoms with E-state index in [-0.39, 0.29) is 57.9 Å². The molecule has 13 saturated heterocycles. The van der Waals surface area contributed by atoms with Gasteiger partial charge in [0.05, 0.1) is 19.8 Å². The number of aliphatic hydroxyl groups is 1. The molecule has 0 bridgehead atoms. The molecule has 0 radical (unpaired) electrons. The van der Waals surface area contributed by atoms with Gasteiger partial charge in [-0.1, -0.05) is 85.1 Å². The third-order valence-corrected chi connectivity index (χ3v) is 22.7. The summed E-state index contributed by atoms with van der Waals surface area (Å²) in [7, 11) is 23.9. The number of ether oxygens (including phenoxy) is 1. The molecular weight excluding hydrogens is 1300 g/mol. The summed E-state index contributed by atoms with van der Waals surface area (Å²) in [4.78, 5) is 49.0. The molecule has 0 aromatic heterocycles. The minimum atomic E-state index is 0. The monoisotopic (exact) mass is 1490 g/mol. The summed E-state index contributed by atoms with van der Waals surface area (Å²) >= 11 is 0. The van der Waals surface area contributed by atoms with Crippen LogP contribution in [0.3, 0.4) is 0 Å². The minimum absolute atomic E-state index is 0. The summed E-state index contributed by atoms with van der Waals surface area (Å²) in [6, 6.07) is 2.75. The molecule has 0 aromatic rings. The van der Waals surface area contributed by atoms with E-state index in [4.69, 9.17) is 9.84 Å². The Morgan fingerprint density at radius 2 is 0.663 bits per heavy atom. The van der Waals surface area contributed by atoms with Crippen molar-refractivity contribution in [2.75, 3.05) is 340 Å². The molecule has 1 saturated carbocycles. The Hall–Kier alpha value is -1.29. The smallest absolute Gasteiger partial charge is 0.219 e. The molecule has 14 fully saturated rings. The van der Waals surface area contributed by atoms with Crippen molar-refractivity contribution in [3.63, 3.8) is 0 Å². The number of fused-ring (bicyclic) bond motifs is 2. The van der Waals surface area contributed by atoms with Crippen molar-refractivity contribution in [2.45, 2.75) is 194 Å². The third kappa shape index (κ3) is 52.8. The van der Waals surface area contributed by atoms with Gasteiger partial charge in [0.2, 0.25) is 5.91 Å². The second-order valence-electron chi connectivity index (χ2n) is 31.9. The largest absolute Gasteiger partial charge is 0.395 e. The highest BCUT2D eigenvalue weighted by molar-refractivity contribution is 5.73. The van der Waals surface area contributed by atoms with Crippen molar-refractivity contribution in [3.05, 3.63) is 0 Å². The van der Waals surface area contributed by atoms with Crippen molar-refractivity contribution < 1.29 is 14.6 Å². The van der Waals surface area contributed by atoms with Gasteiger partial charge in [-0.2, -0.15) is 0 Å². The van der Waals surface area contributed by atoms with Crippen LogP contribution in [0, 0.1) is 11.8 Å². The van der Waals surface area contributed by atoms with E-state index in [9.17, 15) is 4.79 Å².